The molecule has 0 spiro atoms. The molecule has 5 heteroatoms. The van der Waals surface area contributed by atoms with Crippen molar-refractivity contribution in [2.45, 2.75) is 25.9 Å². The van der Waals surface area contributed by atoms with Gasteiger partial charge in [0.05, 0.1) is 0 Å². The number of halogens is 4. The topological polar surface area (TPSA) is 12.0 Å². The summed E-state index contributed by atoms with van der Waals surface area (Å²) in [7, 11) is 0. The normalized spacial score (nSPS) is 14.0. The average molecular weight is 297 g/mol. The molecule has 0 aliphatic rings. The third-order valence-electron chi connectivity index (χ3n) is 3.27. The Kier molecular flexibility index (Phi) is 4.63. The van der Waals surface area contributed by atoms with Gasteiger partial charge in [-0.05, 0) is 49.2 Å². The Bertz CT molecular complexity index is 546. The summed E-state index contributed by atoms with van der Waals surface area (Å²) in [6.07, 6.45) is 0. The molecule has 0 heterocycles. The minimum atomic E-state index is -0.664. The van der Waals surface area contributed by atoms with Crippen molar-refractivity contribution >= 4 is 0 Å². The van der Waals surface area contributed by atoms with E-state index in [-0.39, 0.29) is 12.1 Å². The Morgan fingerprint density at radius 1 is 0.619 bits per heavy atom. The summed E-state index contributed by atoms with van der Waals surface area (Å²) in [5.74, 6) is -2.66. The van der Waals surface area contributed by atoms with Crippen molar-refractivity contribution in [1.82, 2.24) is 5.32 Å². The molecular weight excluding hydrogens is 282 g/mol. The molecule has 2 aromatic rings. The summed E-state index contributed by atoms with van der Waals surface area (Å²) < 4.78 is 52.8. The van der Waals surface area contributed by atoms with Crippen molar-refractivity contribution < 1.29 is 17.6 Å². The Hall–Kier alpha value is -1.88. The van der Waals surface area contributed by atoms with Gasteiger partial charge in [-0.25, -0.2) is 17.6 Å². The number of benzene rings is 2. The molecule has 2 rings (SSSR count). The summed E-state index contributed by atoms with van der Waals surface area (Å²) >= 11 is 0. The quantitative estimate of drug-likeness (QED) is 0.810. The maximum absolute atomic E-state index is 13.2. The predicted molar refractivity (Wildman–Crippen MR) is 72.7 cm³/mol. The molecule has 0 radical (unpaired) electrons. The molecule has 0 unspecified atom stereocenters. The Morgan fingerprint density at radius 3 is 1.19 bits per heavy atom. The van der Waals surface area contributed by atoms with Gasteiger partial charge in [0.1, 0.15) is 23.3 Å². The Morgan fingerprint density at radius 2 is 0.905 bits per heavy atom. The average Bonchev–Trinajstić information content (AvgIpc) is 2.36. The molecule has 0 fully saturated rings. The van der Waals surface area contributed by atoms with Crippen LogP contribution in [0.15, 0.2) is 36.4 Å². The van der Waals surface area contributed by atoms with Gasteiger partial charge >= 0.3 is 0 Å². The summed E-state index contributed by atoms with van der Waals surface area (Å²) in [6.45, 7) is 3.45. The van der Waals surface area contributed by atoms with Gasteiger partial charge in [0.25, 0.3) is 0 Å². The summed E-state index contributed by atoms with van der Waals surface area (Å²) in [4.78, 5) is 0. The number of hydrogen-bond acceptors (Lipinski definition) is 1. The number of hydrogen-bond donors (Lipinski definition) is 1. The Balaban J connectivity index is 2.16. The van der Waals surface area contributed by atoms with E-state index in [1.807, 2.05) is 0 Å². The monoisotopic (exact) mass is 297 g/mol. The van der Waals surface area contributed by atoms with Crippen LogP contribution in [0.5, 0.6) is 0 Å². The van der Waals surface area contributed by atoms with Crippen LogP contribution < -0.4 is 5.32 Å². The number of rotatable bonds is 4. The van der Waals surface area contributed by atoms with E-state index in [1.165, 1.54) is 24.3 Å². The lowest BCUT2D eigenvalue weighted by atomic mass is 10.0. The van der Waals surface area contributed by atoms with E-state index >= 15 is 0 Å². The largest absolute Gasteiger partial charge is 0.304 e. The molecule has 0 saturated heterocycles. The smallest absolute Gasteiger partial charge is 0.126 e. The minimum absolute atomic E-state index is 0.378. The molecule has 0 aliphatic heterocycles. The molecule has 2 aromatic carbocycles. The van der Waals surface area contributed by atoms with E-state index in [4.69, 9.17) is 0 Å². The van der Waals surface area contributed by atoms with Gasteiger partial charge < -0.3 is 5.32 Å². The van der Waals surface area contributed by atoms with Crippen LogP contribution in [0.25, 0.3) is 0 Å². The zero-order valence-corrected chi connectivity index (χ0v) is 11.6. The fourth-order valence-electron chi connectivity index (χ4n) is 2.22. The molecule has 1 nitrogen and oxygen atoms in total. The highest BCUT2D eigenvalue weighted by Gasteiger charge is 2.14. The highest BCUT2D eigenvalue weighted by Crippen LogP contribution is 2.22. The van der Waals surface area contributed by atoms with Crippen molar-refractivity contribution in [3.8, 4) is 0 Å². The third kappa shape index (κ3) is 4.04. The molecule has 2 atom stereocenters. The summed E-state index contributed by atoms with van der Waals surface area (Å²) in [6, 6.07) is 5.72. The lowest BCUT2D eigenvalue weighted by Gasteiger charge is -2.21. The van der Waals surface area contributed by atoms with Crippen LogP contribution in [0, 0.1) is 23.3 Å². The van der Waals surface area contributed by atoms with E-state index in [1.54, 1.807) is 13.8 Å². The van der Waals surface area contributed by atoms with Crippen LogP contribution in [-0.4, -0.2) is 0 Å². The van der Waals surface area contributed by atoms with E-state index in [9.17, 15) is 17.6 Å². The molecule has 0 aliphatic carbocycles. The van der Waals surface area contributed by atoms with Crippen molar-refractivity contribution in [2.24, 2.45) is 0 Å². The molecule has 0 amide bonds. The van der Waals surface area contributed by atoms with Gasteiger partial charge in [-0.15, -0.1) is 0 Å². The first kappa shape index (κ1) is 15.5. The SMILES string of the molecule is C[C@H](N[C@@H](C)c1cc(F)cc(F)c1)c1cc(F)cc(F)c1. The Labute approximate surface area is 120 Å². The van der Waals surface area contributed by atoms with Crippen LogP contribution in [-0.2, 0) is 0 Å². The van der Waals surface area contributed by atoms with Crippen LogP contribution in [0.2, 0.25) is 0 Å². The first-order chi connectivity index (χ1) is 9.85. The van der Waals surface area contributed by atoms with E-state index < -0.39 is 23.3 Å². The molecule has 21 heavy (non-hydrogen) atoms. The predicted octanol–water partition coefficient (Wildman–Crippen LogP) is 4.65. The third-order valence-corrected chi connectivity index (χ3v) is 3.27. The second-order valence-electron chi connectivity index (χ2n) is 5.02. The van der Waals surface area contributed by atoms with E-state index in [0.29, 0.717) is 11.1 Å². The van der Waals surface area contributed by atoms with E-state index in [0.717, 1.165) is 12.1 Å². The molecule has 112 valence electrons. The molecule has 0 saturated carbocycles. The van der Waals surface area contributed by atoms with Crippen LogP contribution in [0.1, 0.15) is 37.1 Å². The molecule has 1 N–H and O–H groups in total. The van der Waals surface area contributed by atoms with Crippen molar-refractivity contribution in [3.05, 3.63) is 70.8 Å². The van der Waals surface area contributed by atoms with Crippen LogP contribution in [0.3, 0.4) is 0 Å². The number of nitrogens with one attached hydrogen (secondary N) is 1. The van der Waals surface area contributed by atoms with Gasteiger partial charge in [0.2, 0.25) is 0 Å². The highest BCUT2D eigenvalue weighted by molar-refractivity contribution is 5.24. The summed E-state index contributed by atoms with van der Waals surface area (Å²) in [5, 5.41) is 3.05. The molecule has 0 aromatic heterocycles. The minimum Gasteiger partial charge on any atom is -0.304 e. The first-order valence-electron chi connectivity index (χ1n) is 6.53. The van der Waals surface area contributed by atoms with Crippen molar-refractivity contribution in [3.63, 3.8) is 0 Å². The van der Waals surface area contributed by atoms with Crippen LogP contribution >= 0.6 is 0 Å². The van der Waals surface area contributed by atoms with E-state index in [2.05, 4.69) is 5.32 Å². The van der Waals surface area contributed by atoms with Gasteiger partial charge in [-0.2, -0.15) is 0 Å². The van der Waals surface area contributed by atoms with Gasteiger partial charge in [0, 0.05) is 24.2 Å². The zero-order valence-electron chi connectivity index (χ0n) is 11.6. The maximum Gasteiger partial charge on any atom is 0.126 e. The zero-order chi connectivity index (χ0) is 15.6. The first-order valence-corrected chi connectivity index (χ1v) is 6.53. The molecular formula is C16H15F4N. The highest BCUT2D eigenvalue weighted by atomic mass is 19.1. The summed E-state index contributed by atoms with van der Waals surface area (Å²) in [5.41, 5.74) is 0.854. The fraction of sp³-hybridized carbons (Fsp3) is 0.250. The van der Waals surface area contributed by atoms with Crippen LogP contribution in [0.4, 0.5) is 17.6 Å². The molecule has 0 bridgehead atoms. The lowest BCUT2D eigenvalue weighted by Crippen LogP contribution is -2.23. The van der Waals surface area contributed by atoms with Crippen molar-refractivity contribution in [1.29, 1.82) is 0 Å². The lowest BCUT2D eigenvalue weighted by molar-refractivity contribution is 0.481. The second kappa shape index (κ2) is 6.26. The van der Waals surface area contributed by atoms with Gasteiger partial charge in [0.15, 0.2) is 0 Å². The standard InChI is InChI=1S/C16H15F4N/c1-9(11-3-13(17)7-14(18)4-11)21-10(2)12-5-15(19)8-16(20)6-12/h3-10,21H,1-2H3/t9-,10-/m0/s1. The van der Waals surface area contributed by atoms with Gasteiger partial charge in [-0.3, -0.25) is 0 Å². The van der Waals surface area contributed by atoms with Gasteiger partial charge in [-0.1, -0.05) is 0 Å². The van der Waals surface area contributed by atoms with Crippen molar-refractivity contribution in [2.75, 3.05) is 0 Å². The maximum atomic E-state index is 13.2. The second-order valence-corrected chi connectivity index (χ2v) is 5.02. The fourth-order valence-corrected chi connectivity index (χ4v) is 2.22.